The SMILES string of the molecule is CC[C@H]1CN=C(Nc2ccc(/C(C)=N\NC(C)=O)cc2)S1. The van der Waals surface area contributed by atoms with Gasteiger partial charge < -0.3 is 5.32 Å². The number of anilines is 1. The number of hydrogen-bond acceptors (Lipinski definition) is 5. The number of hydrazone groups is 1. The van der Waals surface area contributed by atoms with E-state index in [2.05, 4.69) is 27.8 Å². The molecule has 1 aliphatic rings. The number of benzene rings is 1. The standard InChI is InChI=1S/C15H20N4OS/c1-4-14-9-16-15(21-14)17-13-7-5-12(6-8-13)10(2)18-19-11(3)20/h5-8,14H,4,9H2,1-3H3,(H,16,17)(H,19,20)/b18-10-/t14-/m0/s1. The van der Waals surface area contributed by atoms with Crippen LogP contribution in [0.3, 0.4) is 0 Å². The number of carbonyl (C=O) groups excluding carboxylic acids is 1. The Morgan fingerprint density at radius 1 is 1.38 bits per heavy atom. The zero-order valence-corrected chi connectivity index (χ0v) is 13.3. The van der Waals surface area contributed by atoms with E-state index in [1.54, 1.807) is 11.8 Å². The van der Waals surface area contributed by atoms with Gasteiger partial charge in [-0.15, -0.1) is 0 Å². The smallest absolute Gasteiger partial charge is 0.236 e. The van der Waals surface area contributed by atoms with Gasteiger partial charge in [-0.3, -0.25) is 9.79 Å². The Morgan fingerprint density at radius 2 is 2.10 bits per heavy atom. The second kappa shape index (κ2) is 7.26. The third kappa shape index (κ3) is 4.60. The van der Waals surface area contributed by atoms with Crippen LogP contribution in [0.1, 0.15) is 32.8 Å². The minimum Gasteiger partial charge on any atom is -0.335 e. The van der Waals surface area contributed by atoms with Gasteiger partial charge >= 0.3 is 0 Å². The summed E-state index contributed by atoms with van der Waals surface area (Å²) >= 11 is 1.79. The summed E-state index contributed by atoms with van der Waals surface area (Å²) < 4.78 is 0. The van der Waals surface area contributed by atoms with Crippen molar-refractivity contribution in [2.45, 2.75) is 32.4 Å². The first kappa shape index (κ1) is 15.6. The molecule has 1 aromatic rings. The first-order valence-electron chi connectivity index (χ1n) is 6.98. The lowest BCUT2D eigenvalue weighted by Crippen LogP contribution is -2.15. The number of amidine groups is 1. The van der Waals surface area contributed by atoms with Crippen molar-refractivity contribution >= 4 is 34.2 Å². The number of thioether (sulfide) groups is 1. The van der Waals surface area contributed by atoms with Gasteiger partial charge in [0.05, 0.1) is 12.3 Å². The van der Waals surface area contributed by atoms with Gasteiger partial charge in [-0.05, 0) is 31.0 Å². The largest absolute Gasteiger partial charge is 0.335 e. The summed E-state index contributed by atoms with van der Waals surface area (Å²) in [4.78, 5) is 15.3. The third-order valence-corrected chi connectivity index (χ3v) is 4.38. The molecule has 0 unspecified atom stereocenters. The molecule has 0 aromatic heterocycles. The normalized spacial score (nSPS) is 18.3. The Morgan fingerprint density at radius 3 is 2.67 bits per heavy atom. The van der Waals surface area contributed by atoms with Gasteiger partial charge in [-0.2, -0.15) is 5.10 Å². The molecule has 0 saturated heterocycles. The minimum absolute atomic E-state index is 0.172. The quantitative estimate of drug-likeness (QED) is 0.664. The van der Waals surface area contributed by atoms with Crippen molar-refractivity contribution in [1.82, 2.24) is 5.43 Å². The number of carbonyl (C=O) groups is 1. The van der Waals surface area contributed by atoms with Crippen LogP contribution in [-0.2, 0) is 4.79 Å². The monoisotopic (exact) mass is 304 g/mol. The van der Waals surface area contributed by atoms with Crippen LogP contribution in [0.2, 0.25) is 0 Å². The van der Waals surface area contributed by atoms with E-state index in [-0.39, 0.29) is 5.91 Å². The number of amides is 1. The van der Waals surface area contributed by atoms with Crippen molar-refractivity contribution in [1.29, 1.82) is 0 Å². The second-order valence-electron chi connectivity index (χ2n) is 4.86. The molecule has 1 aliphatic heterocycles. The molecule has 6 heteroatoms. The Balaban J connectivity index is 1.96. The van der Waals surface area contributed by atoms with Gasteiger partial charge in [-0.25, -0.2) is 5.43 Å². The predicted molar refractivity (Wildman–Crippen MR) is 90.1 cm³/mol. The van der Waals surface area contributed by atoms with Crippen LogP contribution >= 0.6 is 11.8 Å². The van der Waals surface area contributed by atoms with Crippen molar-refractivity contribution in [2.24, 2.45) is 10.1 Å². The molecule has 1 aromatic carbocycles. The van der Waals surface area contributed by atoms with Gasteiger partial charge in [0.2, 0.25) is 5.91 Å². The van der Waals surface area contributed by atoms with Crippen LogP contribution in [-0.4, -0.2) is 28.6 Å². The van der Waals surface area contributed by atoms with Crippen molar-refractivity contribution in [2.75, 3.05) is 11.9 Å². The number of hydrogen-bond donors (Lipinski definition) is 2. The van der Waals surface area contributed by atoms with E-state index >= 15 is 0 Å². The maximum Gasteiger partial charge on any atom is 0.236 e. The molecule has 0 aliphatic carbocycles. The maximum absolute atomic E-state index is 10.8. The molecular formula is C15H20N4OS. The summed E-state index contributed by atoms with van der Waals surface area (Å²) in [5.74, 6) is -0.172. The number of nitrogens with zero attached hydrogens (tertiary/aromatic N) is 2. The zero-order valence-electron chi connectivity index (χ0n) is 12.5. The highest BCUT2D eigenvalue weighted by atomic mass is 32.2. The Hall–Kier alpha value is -1.82. The van der Waals surface area contributed by atoms with Crippen LogP contribution in [0.15, 0.2) is 34.4 Å². The maximum atomic E-state index is 10.8. The molecule has 2 N–H and O–H groups in total. The molecule has 0 radical (unpaired) electrons. The topological polar surface area (TPSA) is 65.8 Å². The highest BCUT2D eigenvalue weighted by Gasteiger charge is 2.17. The second-order valence-corrected chi connectivity index (χ2v) is 6.15. The molecule has 0 spiro atoms. The molecule has 1 atom stereocenters. The lowest BCUT2D eigenvalue weighted by atomic mass is 10.1. The number of nitrogens with one attached hydrogen (secondary N) is 2. The first-order valence-corrected chi connectivity index (χ1v) is 7.86. The molecule has 112 valence electrons. The number of rotatable bonds is 4. The van der Waals surface area contributed by atoms with Crippen molar-refractivity contribution < 1.29 is 4.79 Å². The fourth-order valence-electron chi connectivity index (χ4n) is 1.84. The lowest BCUT2D eigenvalue weighted by molar-refractivity contribution is -0.118. The zero-order chi connectivity index (χ0) is 15.2. The molecule has 0 fully saturated rings. The molecule has 0 bridgehead atoms. The lowest BCUT2D eigenvalue weighted by Gasteiger charge is -2.08. The third-order valence-electron chi connectivity index (χ3n) is 3.11. The van der Waals surface area contributed by atoms with E-state index in [1.807, 2.05) is 31.2 Å². The highest BCUT2D eigenvalue weighted by Crippen LogP contribution is 2.24. The average molecular weight is 304 g/mol. The van der Waals surface area contributed by atoms with Gasteiger partial charge in [0.1, 0.15) is 0 Å². The summed E-state index contributed by atoms with van der Waals surface area (Å²) in [6.07, 6.45) is 1.14. The van der Waals surface area contributed by atoms with Gasteiger partial charge in [0.25, 0.3) is 0 Å². The summed E-state index contributed by atoms with van der Waals surface area (Å²) in [5, 5.41) is 8.92. The Kier molecular flexibility index (Phi) is 5.38. The molecular weight excluding hydrogens is 284 g/mol. The van der Waals surface area contributed by atoms with Crippen LogP contribution in [0.25, 0.3) is 0 Å². The summed E-state index contributed by atoms with van der Waals surface area (Å²) in [5.41, 5.74) is 5.20. The molecule has 21 heavy (non-hydrogen) atoms. The summed E-state index contributed by atoms with van der Waals surface area (Å²) in [7, 11) is 0. The number of aliphatic imine (C=N–C) groups is 1. The van der Waals surface area contributed by atoms with E-state index in [0.29, 0.717) is 5.25 Å². The van der Waals surface area contributed by atoms with Gasteiger partial charge in [0.15, 0.2) is 5.17 Å². The molecule has 0 saturated carbocycles. The van der Waals surface area contributed by atoms with E-state index in [9.17, 15) is 4.79 Å². The van der Waals surface area contributed by atoms with Crippen LogP contribution in [0.5, 0.6) is 0 Å². The Bertz CT molecular complexity index is 566. The predicted octanol–water partition coefficient (Wildman–Crippen LogP) is 2.84. The van der Waals surface area contributed by atoms with E-state index in [0.717, 1.165) is 35.1 Å². The fraction of sp³-hybridized carbons (Fsp3) is 0.400. The first-order chi connectivity index (χ1) is 10.1. The van der Waals surface area contributed by atoms with Crippen molar-refractivity contribution in [3.05, 3.63) is 29.8 Å². The molecule has 5 nitrogen and oxygen atoms in total. The fourth-order valence-corrected chi connectivity index (χ4v) is 2.80. The van der Waals surface area contributed by atoms with E-state index < -0.39 is 0 Å². The van der Waals surface area contributed by atoms with Gasteiger partial charge in [-0.1, -0.05) is 30.8 Å². The van der Waals surface area contributed by atoms with Crippen molar-refractivity contribution in [3.63, 3.8) is 0 Å². The summed E-state index contributed by atoms with van der Waals surface area (Å²) in [6, 6.07) is 7.93. The highest BCUT2D eigenvalue weighted by molar-refractivity contribution is 8.15. The minimum atomic E-state index is -0.172. The average Bonchev–Trinajstić information content (AvgIpc) is 2.93. The van der Waals surface area contributed by atoms with Gasteiger partial charge in [0, 0.05) is 17.9 Å². The molecule has 2 rings (SSSR count). The van der Waals surface area contributed by atoms with Crippen molar-refractivity contribution in [3.8, 4) is 0 Å². The van der Waals surface area contributed by atoms with E-state index in [1.165, 1.54) is 6.92 Å². The molecule has 1 amide bonds. The van der Waals surface area contributed by atoms with Crippen LogP contribution < -0.4 is 10.7 Å². The Labute approximate surface area is 129 Å². The molecule has 1 heterocycles. The summed E-state index contributed by atoms with van der Waals surface area (Å²) in [6.45, 7) is 6.38. The van der Waals surface area contributed by atoms with E-state index in [4.69, 9.17) is 0 Å². The van der Waals surface area contributed by atoms with Crippen LogP contribution in [0.4, 0.5) is 5.69 Å². The van der Waals surface area contributed by atoms with Crippen LogP contribution in [0, 0.1) is 0 Å².